The van der Waals surface area contributed by atoms with Gasteiger partial charge in [0.1, 0.15) is 5.82 Å². The first-order chi connectivity index (χ1) is 17.1. The molecular formula is C23H19ClFN5O4S2. The minimum atomic E-state index is -3.91. The minimum Gasteiger partial charge on any atom is -0.273 e. The second kappa shape index (κ2) is 10.7. The maximum absolute atomic E-state index is 13.3. The summed E-state index contributed by atoms with van der Waals surface area (Å²) in [6.45, 7) is 1.62. The molecule has 0 aliphatic heterocycles. The van der Waals surface area contributed by atoms with Gasteiger partial charge in [0.05, 0.1) is 15.9 Å². The van der Waals surface area contributed by atoms with Gasteiger partial charge in [0.2, 0.25) is 10.0 Å². The number of hydrogen-bond donors (Lipinski definition) is 1. The van der Waals surface area contributed by atoms with Crippen LogP contribution in [0.4, 0.5) is 10.1 Å². The number of nitrogens with zero attached hydrogens (tertiary/aromatic N) is 4. The van der Waals surface area contributed by atoms with Crippen LogP contribution < -0.4 is 4.72 Å². The molecule has 0 aliphatic carbocycles. The van der Waals surface area contributed by atoms with Gasteiger partial charge in [-0.1, -0.05) is 35.5 Å². The summed E-state index contributed by atoms with van der Waals surface area (Å²) in [5, 5.41) is 20.4. The smallest absolute Gasteiger partial charge is 0.269 e. The first-order valence-corrected chi connectivity index (χ1v) is 13.3. The normalized spacial score (nSPS) is 12.4. The van der Waals surface area contributed by atoms with Crippen LogP contribution >= 0.6 is 23.4 Å². The van der Waals surface area contributed by atoms with E-state index in [9.17, 15) is 22.9 Å². The van der Waals surface area contributed by atoms with Crippen molar-refractivity contribution in [2.75, 3.05) is 0 Å². The zero-order valence-electron chi connectivity index (χ0n) is 18.7. The van der Waals surface area contributed by atoms with Crippen LogP contribution in [0.5, 0.6) is 0 Å². The molecule has 0 amide bonds. The Morgan fingerprint density at radius 1 is 1.06 bits per heavy atom. The van der Waals surface area contributed by atoms with Crippen LogP contribution in [0.2, 0.25) is 5.02 Å². The zero-order chi connectivity index (χ0) is 25.9. The second-order valence-corrected chi connectivity index (χ2v) is 10.8. The van der Waals surface area contributed by atoms with Gasteiger partial charge in [-0.3, -0.25) is 14.7 Å². The van der Waals surface area contributed by atoms with E-state index < -0.39 is 21.0 Å². The lowest BCUT2D eigenvalue weighted by Gasteiger charge is -2.16. The standard InChI is InChI=1S/C23H19ClFN5O4S2/c1-15(28-36(33,34)21-12-4-17(24)5-13-21)22-26-27-23(35-14-16-2-6-18(25)7-3-16)29(22)19-8-10-20(11-9-19)30(31)32/h2-13,15,28H,14H2,1H3. The van der Waals surface area contributed by atoms with Gasteiger partial charge in [-0.25, -0.2) is 17.5 Å². The first-order valence-electron chi connectivity index (χ1n) is 10.5. The van der Waals surface area contributed by atoms with E-state index >= 15 is 0 Å². The quantitative estimate of drug-likeness (QED) is 0.171. The summed E-state index contributed by atoms with van der Waals surface area (Å²) >= 11 is 7.17. The molecule has 36 heavy (non-hydrogen) atoms. The summed E-state index contributed by atoms with van der Waals surface area (Å²) in [4.78, 5) is 10.6. The average molecular weight is 548 g/mol. The van der Waals surface area contributed by atoms with Gasteiger partial charge < -0.3 is 0 Å². The van der Waals surface area contributed by atoms with Gasteiger partial charge >= 0.3 is 0 Å². The van der Waals surface area contributed by atoms with Crippen molar-refractivity contribution in [2.24, 2.45) is 0 Å². The molecule has 0 radical (unpaired) electrons. The van der Waals surface area contributed by atoms with Crippen LogP contribution in [0.15, 0.2) is 82.8 Å². The fraction of sp³-hybridized carbons (Fsp3) is 0.130. The highest BCUT2D eigenvalue weighted by molar-refractivity contribution is 7.98. The Morgan fingerprint density at radius 3 is 2.31 bits per heavy atom. The second-order valence-electron chi connectivity index (χ2n) is 7.66. The van der Waals surface area contributed by atoms with Crippen molar-refractivity contribution in [1.29, 1.82) is 0 Å². The van der Waals surface area contributed by atoms with E-state index in [2.05, 4.69) is 14.9 Å². The lowest BCUT2D eigenvalue weighted by Crippen LogP contribution is -2.28. The molecule has 3 aromatic carbocycles. The minimum absolute atomic E-state index is 0.0334. The number of hydrogen-bond acceptors (Lipinski definition) is 7. The molecule has 1 N–H and O–H groups in total. The molecule has 0 aliphatic rings. The molecule has 1 heterocycles. The Morgan fingerprint density at radius 2 is 1.69 bits per heavy atom. The van der Waals surface area contributed by atoms with Gasteiger partial charge in [0, 0.05) is 28.6 Å². The molecule has 4 rings (SSSR count). The van der Waals surface area contributed by atoms with Gasteiger partial charge in [-0.15, -0.1) is 10.2 Å². The Bertz CT molecular complexity index is 1480. The fourth-order valence-electron chi connectivity index (χ4n) is 3.32. The molecule has 0 saturated heterocycles. The summed E-state index contributed by atoms with van der Waals surface area (Å²) in [5.41, 5.74) is 1.27. The molecule has 0 spiro atoms. The van der Waals surface area contributed by atoms with Gasteiger partial charge in [0.25, 0.3) is 5.69 Å². The van der Waals surface area contributed by atoms with Crippen molar-refractivity contribution in [1.82, 2.24) is 19.5 Å². The molecule has 1 aromatic heterocycles. The fourth-order valence-corrected chi connectivity index (χ4v) is 5.56. The molecule has 0 bridgehead atoms. The number of aromatic nitrogens is 3. The highest BCUT2D eigenvalue weighted by Gasteiger charge is 2.25. The summed E-state index contributed by atoms with van der Waals surface area (Å²) in [7, 11) is -3.91. The topological polar surface area (TPSA) is 120 Å². The molecular weight excluding hydrogens is 529 g/mol. The zero-order valence-corrected chi connectivity index (χ0v) is 21.1. The third-order valence-electron chi connectivity index (χ3n) is 5.10. The maximum atomic E-state index is 13.3. The summed E-state index contributed by atoms with van der Waals surface area (Å²) in [5.74, 6) is 0.376. The van der Waals surface area contributed by atoms with Gasteiger partial charge in [-0.05, 0) is 61.0 Å². The molecule has 0 saturated carbocycles. The van der Waals surface area contributed by atoms with Crippen molar-refractivity contribution >= 4 is 39.1 Å². The molecule has 186 valence electrons. The van der Waals surface area contributed by atoms with E-state index in [0.717, 1.165) is 5.56 Å². The SMILES string of the molecule is CC(NS(=O)(=O)c1ccc(Cl)cc1)c1nnc(SCc2ccc(F)cc2)n1-c1ccc([N+](=O)[O-])cc1. The van der Waals surface area contributed by atoms with Crippen LogP contribution in [-0.4, -0.2) is 28.1 Å². The van der Waals surface area contributed by atoms with Crippen LogP contribution in [0.25, 0.3) is 5.69 Å². The van der Waals surface area contributed by atoms with E-state index in [0.29, 0.717) is 21.6 Å². The number of non-ortho nitro benzene ring substituents is 1. The number of nitro benzene ring substituents is 1. The number of rotatable bonds is 9. The van der Waals surface area contributed by atoms with Gasteiger partial charge in [0.15, 0.2) is 11.0 Å². The number of halogens is 2. The molecule has 9 nitrogen and oxygen atoms in total. The van der Waals surface area contributed by atoms with Crippen molar-refractivity contribution in [3.05, 3.63) is 105 Å². The predicted octanol–water partition coefficient (Wildman–Crippen LogP) is 5.30. The van der Waals surface area contributed by atoms with Crippen molar-refractivity contribution in [2.45, 2.75) is 28.8 Å². The van der Waals surface area contributed by atoms with Crippen LogP contribution in [0, 0.1) is 15.9 Å². The Balaban J connectivity index is 1.67. The highest BCUT2D eigenvalue weighted by Crippen LogP contribution is 2.29. The van der Waals surface area contributed by atoms with Crippen molar-refractivity contribution in [3.63, 3.8) is 0 Å². The van der Waals surface area contributed by atoms with E-state index in [4.69, 9.17) is 11.6 Å². The monoisotopic (exact) mass is 547 g/mol. The van der Waals surface area contributed by atoms with Crippen molar-refractivity contribution in [3.8, 4) is 5.69 Å². The number of sulfonamides is 1. The number of nitro groups is 1. The van der Waals surface area contributed by atoms with E-state index in [1.165, 1.54) is 72.4 Å². The molecule has 4 aromatic rings. The van der Waals surface area contributed by atoms with Gasteiger partial charge in [-0.2, -0.15) is 0 Å². The maximum Gasteiger partial charge on any atom is 0.269 e. The third-order valence-corrected chi connectivity index (χ3v) is 7.91. The summed E-state index contributed by atoms with van der Waals surface area (Å²) in [6, 6.07) is 16.7. The average Bonchev–Trinajstić information content (AvgIpc) is 3.28. The van der Waals surface area contributed by atoms with Crippen LogP contribution in [-0.2, 0) is 15.8 Å². The lowest BCUT2D eigenvalue weighted by molar-refractivity contribution is -0.384. The molecule has 1 atom stereocenters. The Labute approximate surface area is 215 Å². The number of nitrogens with one attached hydrogen (secondary N) is 1. The number of thioether (sulfide) groups is 1. The van der Waals surface area contributed by atoms with E-state index in [1.54, 1.807) is 23.6 Å². The Kier molecular flexibility index (Phi) is 7.69. The summed E-state index contributed by atoms with van der Waals surface area (Å²) < 4.78 is 43.3. The number of benzene rings is 3. The third kappa shape index (κ3) is 5.90. The van der Waals surface area contributed by atoms with Crippen LogP contribution in [0.1, 0.15) is 24.4 Å². The van der Waals surface area contributed by atoms with E-state index in [1.807, 2.05) is 0 Å². The van der Waals surface area contributed by atoms with E-state index in [-0.39, 0.29) is 22.2 Å². The lowest BCUT2D eigenvalue weighted by atomic mass is 10.2. The predicted molar refractivity (Wildman–Crippen MR) is 134 cm³/mol. The molecule has 1 unspecified atom stereocenters. The van der Waals surface area contributed by atoms with Crippen LogP contribution in [0.3, 0.4) is 0 Å². The molecule has 0 fully saturated rings. The molecule has 13 heteroatoms. The summed E-state index contributed by atoms with van der Waals surface area (Å²) in [6.07, 6.45) is 0. The highest BCUT2D eigenvalue weighted by atomic mass is 35.5. The Hall–Kier alpha value is -3.32. The largest absolute Gasteiger partial charge is 0.273 e. The van der Waals surface area contributed by atoms with Crippen molar-refractivity contribution < 1.29 is 17.7 Å². The first kappa shape index (κ1) is 25.8.